The Morgan fingerprint density at radius 2 is 1.81 bits per heavy atom. The number of benzene rings is 1. The third-order valence-electron chi connectivity index (χ3n) is 2.71. The first-order valence-electron chi connectivity index (χ1n) is 6.65. The van der Waals surface area contributed by atoms with Gasteiger partial charge in [0.15, 0.2) is 5.78 Å². The van der Waals surface area contributed by atoms with Gasteiger partial charge in [0.1, 0.15) is 6.61 Å². The fourth-order valence-corrected chi connectivity index (χ4v) is 1.57. The van der Waals surface area contributed by atoms with E-state index in [1.54, 1.807) is 0 Å². The number of nitrogens with one attached hydrogen (secondary N) is 1. The molecule has 0 unspecified atom stereocenters. The van der Waals surface area contributed by atoms with E-state index in [1.165, 1.54) is 7.11 Å². The minimum absolute atomic E-state index is 0.102. The Labute approximate surface area is 123 Å². The van der Waals surface area contributed by atoms with Gasteiger partial charge in [-0.2, -0.15) is 0 Å². The molecule has 0 heterocycles. The number of amides is 1. The SMILES string of the molecule is COC(=O)CCCC(=O)CNC(=O)OCc1ccccc1. The first kappa shape index (κ1) is 16.7. The number of methoxy groups -OCH3 is 1. The summed E-state index contributed by atoms with van der Waals surface area (Å²) in [6.45, 7) is 0.0536. The Kier molecular flexibility index (Phi) is 7.56. The van der Waals surface area contributed by atoms with Gasteiger partial charge in [-0.05, 0) is 12.0 Å². The summed E-state index contributed by atoms with van der Waals surface area (Å²) in [6, 6.07) is 9.25. The minimum Gasteiger partial charge on any atom is -0.469 e. The molecule has 0 saturated heterocycles. The summed E-state index contributed by atoms with van der Waals surface area (Å²) in [6.07, 6.45) is 0.182. The summed E-state index contributed by atoms with van der Waals surface area (Å²) >= 11 is 0. The molecule has 0 radical (unpaired) electrons. The second kappa shape index (κ2) is 9.52. The molecule has 0 aromatic heterocycles. The van der Waals surface area contributed by atoms with Crippen LogP contribution in [0.4, 0.5) is 4.79 Å². The van der Waals surface area contributed by atoms with E-state index < -0.39 is 6.09 Å². The molecule has 1 N–H and O–H groups in total. The maximum absolute atomic E-state index is 11.5. The van der Waals surface area contributed by atoms with Gasteiger partial charge in [0.05, 0.1) is 13.7 Å². The highest BCUT2D eigenvalue weighted by Gasteiger charge is 2.08. The van der Waals surface area contributed by atoms with Gasteiger partial charge in [0, 0.05) is 12.8 Å². The van der Waals surface area contributed by atoms with E-state index in [9.17, 15) is 14.4 Å². The van der Waals surface area contributed by atoms with Crippen LogP contribution in [0.25, 0.3) is 0 Å². The van der Waals surface area contributed by atoms with E-state index >= 15 is 0 Å². The van der Waals surface area contributed by atoms with Gasteiger partial charge in [-0.25, -0.2) is 4.79 Å². The van der Waals surface area contributed by atoms with E-state index in [0.29, 0.717) is 6.42 Å². The number of hydrogen-bond acceptors (Lipinski definition) is 5. The lowest BCUT2D eigenvalue weighted by Gasteiger charge is -2.06. The second-order valence-corrected chi connectivity index (χ2v) is 4.38. The van der Waals surface area contributed by atoms with Gasteiger partial charge in [0.2, 0.25) is 0 Å². The van der Waals surface area contributed by atoms with Gasteiger partial charge in [0.25, 0.3) is 0 Å². The molecular weight excluding hydrogens is 274 g/mol. The number of ether oxygens (including phenoxy) is 2. The molecule has 0 spiro atoms. The Bertz CT molecular complexity index is 472. The lowest BCUT2D eigenvalue weighted by atomic mass is 10.2. The summed E-state index contributed by atoms with van der Waals surface area (Å²) < 4.78 is 9.43. The largest absolute Gasteiger partial charge is 0.469 e. The molecule has 0 aliphatic carbocycles. The van der Waals surface area contributed by atoms with Crippen LogP contribution < -0.4 is 5.32 Å². The zero-order valence-electron chi connectivity index (χ0n) is 12.0. The van der Waals surface area contributed by atoms with Crippen molar-refractivity contribution in [2.45, 2.75) is 25.9 Å². The molecule has 0 fully saturated rings. The zero-order chi connectivity index (χ0) is 15.5. The van der Waals surface area contributed by atoms with Crippen LogP contribution in [-0.4, -0.2) is 31.5 Å². The van der Waals surface area contributed by atoms with Crippen molar-refractivity contribution < 1.29 is 23.9 Å². The Hall–Kier alpha value is -2.37. The van der Waals surface area contributed by atoms with Crippen LogP contribution in [0.2, 0.25) is 0 Å². The number of hydrogen-bond donors (Lipinski definition) is 1. The quantitative estimate of drug-likeness (QED) is 0.739. The molecule has 6 nitrogen and oxygen atoms in total. The summed E-state index contributed by atoms with van der Waals surface area (Å²) in [4.78, 5) is 33.7. The van der Waals surface area contributed by atoms with Crippen LogP contribution in [0.15, 0.2) is 30.3 Å². The predicted molar refractivity (Wildman–Crippen MR) is 75.5 cm³/mol. The summed E-state index contributed by atoms with van der Waals surface area (Å²) in [7, 11) is 1.30. The van der Waals surface area contributed by atoms with Crippen LogP contribution in [-0.2, 0) is 25.7 Å². The number of esters is 1. The molecule has 1 aromatic rings. The van der Waals surface area contributed by atoms with Crippen molar-refractivity contribution in [3.8, 4) is 0 Å². The lowest BCUT2D eigenvalue weighted by molar-refractivity contribution is -0.140. The molecule has 0 atom stereocenters. The molecule has 1 rings (SSSR count). The lowest BCUT2D eigenvalue weighted by Crippen LogP contribution is -2.30. The third kappa shape index (κ3) is 7.71. The van der Waals surface area contributed by atoms with Gasteiger partial charge in [-0.3, -0.25) is 9.59 Å². The standard InChI is InChI=1S/C15H19NO5/c1-20-14(18)9-5-8-13(17)10-16-15(19)21-11-12-6-3-2-4-7-12/h2-4,6-7H,5,8-11H2,1H3,(H,16,19). The summed E-state index contributed by atoms with van der Waals surface area (Å²) in [5, 5.41) is 2.38. The molecule has 21 heavy (non-hydrogen) atoms. The van der Waals surface area contributed by atoms with Crippen molar-refractivity contribution >= 4 is 17.8 Å². The van der Waals surface area contributed by atoms with E-state index in [4.69, 9.17) is 4.74 Å². The number of carbonyl (C=O) groups is 3. The molecular formula is C15H19NO5. The minimum atomic E-state index is -0.639. The molecule has 0 aliphatic rings. The topological polar surface area (TPSA) is 81.7 Å². The molecule has 114 valence electrons. The highest BCUT2D eigenvalue weighted by atomic mass is 16.5. The number of alkyl carbamates (subject to hydrolysis) is 1. The molecule has 6 heteroatoms. The number of Topliss-reactive ketones (excluding diaryl/α,β-unsaturated/α-hetero) is 1. The Morgan fingerprint density at radius 3 is 2.48 bits per heavy atom. The molecule has 1 amide bonds. The average molecular weight is 293 g/mol. The van der Waals surface area contributed by atoms with Gasteiger partial charge >= 0.3 is 12.1 Å². The van der Waals surface area contributed by atoms with Gasteiger partial charge in [-0.15, -0.1) is 0 Å². The van der Waals surface area contributed by atoms with Crippen molar-refractivity contribution in [3.63, 3.8) is 0 Å². The van der Waals surface area contributed by atoms with Crippen LogP contribution in [0.3, 0.4) is 0 Å². The fourth-order valence-electron chi connectivity index (χ4n) is 1.57. The third-order valence-corrected chi connectivity index (χ3v) is 2.71. The fraction of sp³-hybridized carbons (Fsp3) is 0.400. The van der Waals surface area contributed by atoms with E-state index in [0.717, 1.165) is 5.56 Å². The van der Waals surface area contributed by atoms with Crippen molar-refractivity contribution in [1.29, 1.82) is 0 Å². The number of rotatable bonds is 8. The Balaban J connectivity index is 2.12. The highest BCUT2D eigenvalue weighted by molar-refractivity contribution is 5.84. The second-order valence-electron chi connectivity index (χ2n) is 4.38. The monoisotopic (exact) mass is 293 g/mol. The highest BCUT2D eigenvalue weighted by Crippen LogP contribution is 2.01. The average Bonchev–Trinajstić information content (AvgIpc) is 2.51. The number of carbonyl (C=O) groups excluding carboxylic acids is 3. The normalized spacial score (nSPS) is 9.76. The zero-order valence-corrected chi connectivity index (χ0v) is 12.0. The van der Waals surface area contributed by atoms with Crippen LogP contribution in [0, 0.1) is 0 Å². The summed E-state index contributed by atoms with van der Waals surface area (Å²) in [5.74, 6) is -0.506. The number of ketones is 1. The first-order valence-corrected chi connectivity index (χ1v) is 6.65. The van der Waals surface area contributed by atoms with Crippen molar-refractivity contribution in [3.05, 3.63) is 35.9 Å². The van der Waals surface area contributed by atoms with E-state index in [-0.39, 0.29) is 37.7 Å². The van der Waals surface area contributed by atoms with Gasteiger partial charge < -0.3 is 14.8 Å². The van der Waals surface area contributed by atoms with Crippen molar-refractivity contribution in [2.24, 2.45) is 0 Å². The maximum atomic E-state index is 11.5. The van der Waals surface area contributed by atoms with Crippen molar-refractivity contribution in [2.75, 3.05) is 13.7 Å². The smallest absolute Gasteiger partial charge is 0.407 e. The van der Waals surface area contributed by atoms with Crippen LogP contribution in [0.1, 0.15) is 24.8 Å². The van der Waals surface area contributed by atoms with E-state index in [1.807, 2.05) is 30.3 Å². The molecule has 0 aliphatic heterocycles. The van der Waals surface area contributed by atoms with Crippen molar-refractivity contribution in [1.82, 2.24) is 5.32 Å². The first-order chi connectivity index (χ1) is 10.1. The predicted octanol–water partition coefficient (Wildman–Crippen LogP) is 1.83. The Morgan fingerprint density at radius 1 is 1.10 bits per heavy atom. The summed E-state index contributed by atoms with van der Waals surface area (Å²) in [5.41, 5.74) is 0.872. The molecule has 0 bridgehead atoms. The molecule has 0 saturated carbocycles. The molecule has 1 aromatic carbocycles. The van der Waals surface area contributed by atoms with Crippen LogP contribution in [0.5, 0.6) is 0 Å². The maximum Gasteiger partial charge on any atom is 0.407 e. The van der Waals surface area contributed by atoms with Crippen LogP contribution >= 0.6 is 0 Å². The van der Waals surface area contributed by atoms with E-state index in [2.05, 4.69) is 10.1 Å². The van der Waals surface area contributed by atoms with Gasteiger partial charge in [-0.1, -0.05) is 30.3 Å².